The minimum atomic E-state index is 0.173. The summed E-state index contributed by atoms with van der Waals surface area (Å²) in [4.78, 5) is 12.4. The third-order valence-corrected chi connectivity index (χ3v) is 6.05. The molecule has 4 atom stereocenters. The Hall–Kier alpha value is -0.540. The van der Waals surface area contributed by atoms with Crippen molar-refractivity contribution in [3.05, 3.63) is 27.7 Å². The summed E-state index contributed by atoms with van der Waals surface area (Å²) in [6.45, 7) is 0. The van der Waals surface area contributed by atoms with Gasteiger partial charge < -0.3 is 5.32 Å². The van der Waals surface area contributed by atoms with Crippen LogP contribution in [0.5, 0.6) is 0 Å². The molecule has 1 amide bonds. The fourth-order valence-electron chi connectivity index (χ4n) is 4.48. The summed E-state index contributed by atoms with van der Waals surface area (Å²) >= 11 is 9.53. The lowest BCUT2D eigenvalue weighted by molar-refractivity contribution is -0.118. The van der Waals surface area contributed by atoms with Crippen LogP contribution in [0, 0.1) is 29.6 Å². The number of amides is 1. The summed E-state index contributed by atoms with van der Waals surface area (Å²) in [5.74, 6) is 3.41. The zero-order valence-electron chi connectivity index (χ0n) is 10.4. The fraction of sp³-hybridized carbons (Fsp3) is 0.533. The van der Waals surface area contributed by atoms with Crippen LogP contribution in [0.25, 0.3) is 0 Å². The topological polar surface area (TPSA) is 29.1 Å². The third-order valence-electron chi connectivity index (χ3n) is 5.22. The predicted octanol–water partition coefficient (Wildman–Crippen LogP) is 4.33. The summed E-state index contributed by atoms with van der Waals surface area (Å²) in [6, 6.07) is 5.55. The number of fused-ring (bicyclic) bond motifs is 5. The van der Waals surface area contributed by atoms with Gasteiger partial charge in [0.15, 0.2) is 0 Å². The Morgan fingerprint density at radius 2 is 1.95 bits per heavy atom. The van der Waals surface area contributed by atoms with Crippen LogP contribution in [0.2, 0.25) is 5.02 Å². The Bertz CT molecular complexity index is 545. The Labute approximate surface area is 126 Å². The molecule has 1 aromatic rings. The van der Waals surface area contributed by atoms with E-state index in [9.17, 15) is 4.79 Å². The van der Waals surface area contributed by atoms with Crippen molar-refractivity contribution in [2.75, 3.05) is 5.32 Å². The van der Waals surface area contributed by atoms with E-state index in [1.54, 1.807) is 6.07 Å². The lowest BCUT2D eigenvalue weighted by atomic mass is 10.0. The molecular formula is C15H15BrClNO. The molecule has 0 heterocycles. The monoisotopic (exact) mass is 339 g/mol. The first kappa shape index (κ1) is 12.2. The van der Waals surface area contributed by atoms with Gasteiger partial charge in [-0.05, 0) is 61.1 Å². The van der Waals surface area contributed by atoms with Crippen molar-refractivity contribution in [2.45, 2.75) is 19.3 Å². The van der Waals surface area contributed by atoms with Gasteiger partial charge in [0, 0.05) is 10.4 Å². The zero-order valence-corrected chi connectivity index (χ0v) is 12.7. The van der Waals surface area contributed by atoms with Gasteiger partial charge in [0.1, 0.15) is 0 Å². The molecular weight excluding hydrogens is 326 g/mol. The van der Waals surface area contributed by atoms with Crippen molar-refractivity contribution >= 4 is 39.1 Å². The van der Waals surface area contributed by atoms with Crippen LogP contribution in [0.3, 0.4) is 0 Å². The van der Waals surface area contributed by atoms with Crippen LogP contribution in [0.4, 0.5) is 5.69 Å². The van der Waals surface area contributed by atoms with E-state index in [2.05, 4.69) is 21.2 Å². The van der Waals surface area contributed by atoms with Gasteiger partial charge in [-0.15, -0.1) is 0 Å². The molecule has 4 heteroatoms. The van der Waals surface area contributed by atoms with Gasteiger partial charge in [-0.3, -0.25) is 4.79 Å². The highest BCUT2D eigenvalue weighted by molar-refractivity contribution is 9.10. The van der Waals surface area contributed by atoms with E-state index in [0.717, 1.165) is 22.0 Å². The van der Waals surface area contributed by atoms with E-state index in [1.165, 1.54) is 19.3 Å². The van der Waals surface area contributed by atoms with E-state index in [0.29, 0.717) is 16.9 Å². The lowest BCUT2D eigenvalue weighted by Crippen LogP contribution is -2.18. The van der Waals surface area contributed by atoms with E-state index in [4.69, 9.17) is 11.6 Å². The van der Waals surface area contributed by atoms with E-state index < -0.39 is 0 Å². The number of carbonyl (C=O) groups is 1. The van der Waals surface area contributed by atoms with Crippen LogP contribution in [0.1, 0.15) is 19.3 Å². The fourth-order valence-corrected chi connectivity index (χ4v) is 5.01. The summed E-state index contributed by atoms with van der Waals surface area (Å²) in [6.07, 6.45) is 4.05. The normalized spacial score (nSPS) is 38.1. The molecule has 3 aliphatic carbocycles. The van der Waals surface area contributed by atoms with Gasteiger partial charge in [0.2, 0.25) is 5.91 Å². The van der Waals surface area contributed by atoms with E-state index >= 15 is 0 Å². The second-order valence-electron chi connectivity index (χ2n) is 6.13. The number of anilines is 1. The molecule has 1 N–H and O–H groups in total. The minimum absolute atomic E-state index is 0.173. The summed E-state index contributed by atoms with van der Waals surface area (Å²) < 4.78 is 0.934. The van der Waals surface area contributed by atoms with Crippen LogP contribution in [-0.2, 0) is 4.79 Å². The zero-order chi connectivity index (χ0) is 13.1. The Balaban J connectivity index is 1.50. The maximum Gasteiger partial charge on any atom is 0.228 e. The Morgan fingerprint density at radius 1 is 1.26 bits per heavy atom. The summed E-state index contributed by atoms with van der Waals surface area (Å²) in [7, 11) is 0. The van der Waals surface area contributed by atoms with E-state index in [1.807, 2.05) is 12.1 Å². The van der Waals surface area contributed by atoms with Gasteiger partial charge in [0.25, 0.3) is 0 Å². The molecule has 0 saturated heterocycles. The van der Waals surface area contributed by atoms with E-state index in [-0.39, 0.29) is 11.8 Å². The molecule has 100 valence electrons. The number of rotatable bonds is 2. The molecule has 19 heavy (non-hydrogen) atoms. The van der Waals surface area contributed by atoms with Gasteiger partial charge in [-0.25, -0.2) is 0 Å². The highest BCUT2D eigenvalue weighted by atomic mass is 79.9. The van der Waals surface area contributed by atoms with Crippen molar-refractivity contribution in [2.24, 2.45) is 29.6 Å². The lowest BCUT2D eigenvalue weighted by Gasteiger charge is -2.11. The highest BCUT2D eigenvalue weighted by Crippen LogP contribution is 2.69. The van der Waals surface area contributed by atoms with Gasteiger partial charge in [0.05, 0.1) is 10.7 Å². The third kappa shape index (κ3) is 1.85. The number of hydrogen-bond acceptors (Lipinski definition) is 1. The Morgan fingerprint density at radius 3 is 2.63 bits per heavy atom. The predicted molar refractivity (Wildman–Crippen MR) is 79.1 cm³/mol. The van der Waals surface area contributed by atoms with Crippen molar-refractivity contribution < 1.29 is 4.79 Å². The van der Waals surface area contributed by atoms with Crippen molar-refractivity contribution in [3.8, 4) is 0 Å². The first-order chi connectivity index (χ1) is 9.15. The standard InChI is InChI=1S/C15H15BrClNO/c16-9-3-4-10(17)11(6-9)18-15(19)14-12-7-1-2-8(5-7)13(12)14/h3-4,6-8,12-14H,1-2,5H2,(H,18,19). The molecule has 3 fully saturated rings. The average molecular weight is 341 g/mol. The molecule has 2 bridgehead atoms. The number of halogens is 2. The second-order valence-corrected chi connectivity index (χ2v) is 7.45. The van der Waals surface area contributed by atoms with Crippen LogP contribution < -0.4 is 5.32 Å². The second kappa shape index (κ2) is 4.23. The maximum absolute atomic E-state index is 12.4. The van der Waals surface area contributed by atoms with Gasteiger partial charge >= 0.3 is 0 Å². The first-order valence-corrected chi connectivity index (χ1v) is 8.08. The molecule has 0 aromatic heterocycles. The Kier molecular flexibility index (Phi) is 2.72. The van der Waals surface area contributed by atoms with Crippen LogP contribution >= 0.6 is 27.5 Å². The number of benzene rings is 1. The molecule has 4 rings (SSSR count). The minimum Gasteiger partial charge on any atom is -0.324 e. The molecule has 0 aliphatic heterocycles. The molecule has 2 nitrogen and oxygen atoms in total. The van der Waals surface area contributed by atoms with Crippen LogP contribution in [0.15, 0.2) is 22.7 Å². The molecule has 0 spiro atoms. The SMILES string of the molecule is O=C(Nc1cc(Br)ccc1Cl)C1C2C3CCC(C3)C12. The van der Waals surface area contributed by atoms with Crippen LogP contribution in [-0.4, -0.2) is 5.91 Å². The van der Waals surface area contributed by atoms with Crippen molar-refractivity contribution in [1.29, 1.82) is 0 Å². The van der Waals surface area contributed by atoms with Crippen molar-refractivity contribution in [3.63, 3.8) is 0 Å². The van der Waals surface area contributed by atoms with Crippen molar-refractivity contribution in [1.82, 2.24) is 0 Å². The number of nitrogens with one attached hydrogen (secondary N) is 1. The molecule has 4 unspecified atom stereocenters. The molecule has 3 aliphatic rings. The largest absolute Gasteiger partial charge is 0.324 e. The maximum atomic E-state index is 12.4. The van der Waals surface area contributed by atoms with Gasteiger partial charge in [-0.2, -0.15) is 0 Å². The molecule has 3 saturated carbocycles. The number of carbonyl (C=O) groups excluding carboxylic acids is 1. The first-order valence-electron chi connectivity index (χ1n) is 6.91. The average Bonchev–Trinajstić information content (AvgIpc) is 2.83. The smallest absolute Gasteiger partial charge is 0.228 e. The quantitative estimate of drug-likeness (QED) is 0.853. The number of hydrogen-bond donors (Lipinski definition) is 1. The van der Waals surface area contributed by atoms with Gasteiger partial charge in [-0.1, -0.05) is 27.5 Å². The highest BCUT2D eigenvalue weighted by Gasteiger charge is 2.67. The molecule has 0 radical (unpaired) electrons. The summed E-state index contributed by atoms with van der Waals surface area (Å²) in [5, 5.41) is 3.61. The molecule has 1 aromatic carbocycles. The summed E-state index contributed by atoms with van der Waals surface area (Å²) in [5.41, 5.74) is 0.721.